The monoisotopic (exact) mass is 252 g/mol. The Labute approximate surface area is 104 Å². The number of rotatable bonds is 0. The summed E-state index contributed by atoms with van der Waals surface area (Å²) < 4.78 is 29.2. The van der Waals surface area contributed by atoms with Gasteiger partial charge in [-0.2, -0.15) is 0 Å². The second-order valence-corrected chi connectivity index (χ2v) is 2.45. The van der Waals surface area contributed by atoms with Crippen LogP contribution >= 0.6 is 0 Å². The van der Waals surface area contributed by atoms with Gasteiger partial charge in [-0.25, -0.2) is 0 Å². The van der Waals surface area contributed by atoms with Gasteiger partial charge in [0.25, 0.3) is 0 Å². The van der Waals surface area contributed by atoms with Crippen LogP contribution in [0.25, 0.3) is 0 Å². The molecule has 18 heavy (non-hydrogen) atoms. The van der Waals surface area contributed by atoms with E-state index in [2.05, 4.69) is 0 Å². The van der Waals surface area contributed by atoms with Gasteiger partial charge in [-0.1, -0.05) is 0 Å². The summed E-state index contributed by atoms with van der Waals surface area (Å²) in [5.74, 6) is 0. The lowest BCUT2D eigenvalue weighted by atomic mass is 10.9. The van der Waals surface area contributed by atoms with Gasteiger partial charge in [-0.15, -0.1) is 0 Å². The fourth-order valence-corrected chi connectivity index (χ4v) is 0.657. The third-order valence-electron chi connectivity index (χ3n) is 1.28. The van der Waals surface area contributed by atoms with Crippen LogP contribution in [0.4, 0.5) is 0 Å². The van der Waals surface area contributed by atoms with E-state index in [0.29, 0.717) is 0 Å². The highest BCUT2D eigenvalue weighted by molar-refractivity contribution is 4.78. The Morgan fingerprint density at radius 2 is 0.333 bits per heavy atom. The van der Waals surface area contributed by atoms with E-state index in [1.807, 2.05) is 0 Å². The van der Waals surface area contributed by atoms with Gasteiger partial charge in [0, 0.05) is 0 Å². The Balaban J connectivity index is 2.40. The Bertz CT molecular complexity index is 248. The summed E-state index contributed by atoms with van der Waals surface area (Å²) in [5, 5.41) is 0. The molecule has 0 radical (unpaired) electrons. The predicted octanol–water partition coefficient (Wildman–Crippen LogP) is 2.93. The van der Waals surface area contributed by atoms with Crippen LogP contribution in [0, 0.1) is 0 Å². The number of hydrogen-bond acceptors (Lipinski definition) is 6. The molecule has 0 atom stereocenters. The van der Waals surface area contributed by atoms with Crippen LogP contribution in [0.3, 0.4) is 0 Å². The van der Waals surface area contributed by atoms with Gasteiger partial charge in [0.1, 0.15) is 75.1 Å². The second-order valence-electron chi connectivity index (χ2n) is 2.45. The second kappa shape index (κ2) is 10.7. The van der Waals surface area contributed by atoms with Crippen LogP contribution in [0.2, 0.25) is 0 Å². The Kier molecular flexibility index (Phi) is 7.94. The average Bonchev–Trinajstić information content (AvgIpc) is 2.39. The molecule has 0 spiro atoms. The van der Waals surface area contributed by atoms with E-state index < -0.39 is 0 Å². The summed E-state index contributed by atoms with van der Waals surface area (Å²) in [4.78, 5) is 0. The Hall–Kier alpha value is -2.76. The first kappa shape index (κ1) is 13.3. The highest BCUT2D eigenvalue weighted by atomic mass is 16.5. The molecule has 0 N–H and O–H groups in total. The zero-order valence-corrected chi connectivity index (χ0v) is 9.38. The van der Waals surface area contributed by atoms with Gasteiger partial charge < -0.3 is 28.4 Å². The maximum absolute atomic E-state index is 4.87. The normalized spacial score (nSPS) is 26.7. The zero-order chi connectivity index (χ0) is 12.7. The third-order valence-corrected chi connectivity index (χ3v) is 1.28. The van der Waals surface area contributed by atoms with Gasteiger partial charge in [0.15, 0.2) is 0 Å². The summed E-state index contributed by atoms with van der Waals surface area (Å²) in [6.07, 6.45) is 15.8. The van der Waals surface area contributed by atoms with Crippen molar-refractivity contribution in [2.24, 2.45) is 0 Å². The highest BCUT2D eigenvalue weighted by Crippen LogP contribution is 1.90. The van der Waals surface area contributed by atoms with Crippen LogP contribution < -0.4 is 0 Å². The SMILES string of the molecule is C1=C\O/C=C\O/C=C/O/C=C\O/C=C/O/C=C\O/1. The average molecular weight is 252 g/mol. The predicted molar refractivity (Wildman–Crippen MR) is 61.4 cm³/mol. The lowest BCUT2D eigenvalue weighted by Gasteiger charge is -1.94. The van der Waals surface area contributed by atoms with Crippen LogP contribution in [0.1, 0.15) is 0 Å². The summed E-state index contributed by atoms with van der Waals surface area (Å²) in [6, 6.07) is 0. The summed E-state index contributed by atoms with van der Waals surface area (Å²) in [5.41, 5.74) is 0. The maximum atomic E-state index is 4.87. The summed E-state index contributed by atoms with van der Waals surface area (Å²) in [7, 11) is 0. The zero-order valence-electron chi connectivity index (χ0n) is 9.38. The first-order chi connectivity index (χ1) is 9.00. The van der Waals surface area contributed by atoms with Crippen molar-refractivity contribution in [1.29, 1.82) is 0 Å². The van der Waals surface area contributed by atoms with Crippen molar-refractivity contribution < 1.29 is 28.4 Å². The summed E-state index contributed by atoms with van der Waals surface area (Å²) in [6.45, 7) is 0. The van der Waals surface area contributed by atoms with E-state index in [-0.39, 0.29) is 0 Å². The third kappa shape index (κ3) is 8.54. The van der Waals surface area contributed by atoms with Crippen molar-refractivity contribution in [1.82, 2.24) is 0 Å². The van der Waals surface area contributed by atoms with E-state index in [1.165, 1.54) is 75.1 Å². The molecule has 0 aromatic rings. The molecular formula is C12H12O6. The molecule has 1 aliphatic rings. The van der Waals surface area contributed by atoms with Gasteiger partial charge >= 0.3 is 0 Å². The summed E-state index contributed by atoms with van der Waals surface area (Å²) >= 11 is 0. The highest BCUT2D eigenvalue weighted by Gasteiger charge is 1.75. The molecule has 6 heteroatoms. The van der Waals surface area contributed by atoms with E-state index in [1.54, 1.807) is 0 Å². The molecule has 96 valence electrons. The lowest BCUT2D eigenvalue weighted by Crippen LogP contribution is -1.74. The molecule has 0 unspecified atom stereocenters. The van der Waals surface area contributed by atoms with Crippen LogP contribution in [0.5, 0.6) is 0 Å². The van der Waals surface area contributed by atoms with Crippen molar-refractivity contribution in [3.63, 3.8) is 0 Å². The number of hydrogen-bond donors (Lipinski definition) is 0. The van der Waals surface area contributed by atoms with Crippen molar-refractivity contribution in [3.8, 4) is 0 Å². The molecule has 0 bridgehead atoms. The maximum Gasteiger partial charge on any atom is 0.125 e. The van der Waals surface area contributed by atoms with Crippen LogP contribution in [-0.4, -0.2) is 0 Å². The Morgan fingerprint density at radius 3 is 0.444 bits per heavy atom. The fraction of sp³-hybridized carbons (Fsp3) is 0. The smallest absolute Gasteiger partial charge is 0.125 e. The first-order valence-electron chi connectivity index (χ1n) is 4.83. The van der Waals surface area contributed by atoms with Crippen molar-refractivity contribution in [2.75, 3.05) is 0 Å². The van der Waals surface area contributed by atoms with Gasteiger partial charge in [0.2, 0.25) is 0 Å². The molecule has 0 aliphatic carbocycles. The minimum atomic E-state index is 1.31. The van der Waals surface area contributed by atoms with Crippen LogP contribution in [0.15, 0.2) is 75.1 Å². The topological polar surface area (TPSA) is 55.4 Å². The fourth-order valence-electron chi connectivity index (χ4n) is 0.657. The molecule has 1 rings (SSSR count). The number of ether oxygens (including phenoxy) is 6. The minimum absolute atomic E-state index is 1.31. The van der Waals surface area contributed by atoms with E-state index >= 15 is 0 Å². The molecule has 1 aliphatic heterocycles. The van der Waals surface area contributed by atoms with Crippen molar-refractivity contribution >= 4 is 0 Å². The molecule has 0 saturated heterocycles. The molecule has 6 nitrogen and oxygen atoms in total. The molecule has 1 heterocycles. The quantitative estimate of drug-likeness (QED) is 0.660. The van der Waals surface area contributed by atoms with Crippen molar-refractivity contribution in [2.45, 2.75) is 0 Å². The van der Waals surface area contributed by atoms with E-state index in [0.717, 1.165) is 0 Å². The standard InChI is InChI=1S/C12H12O6/c1-2-14-5-6-16-9-10-18-12-11-17-8-7-15-4-3-13-1/h1-12H/b2-1-,4-3-,6-5-,8-7+,10-9+,12-11-. The van der Waals surface area contributed by atoms with Crippen LogP contribution in [-0.2, 0) is 28.4 Å². The van der Waals surface area contributed by atoms with Gasteiger partial charge in [-0.05, 0) is 0 Å². The Morgan fingerprint density at radius 1 is 0.222 bits per heavy atom. The van der Waals surface area contributed by atoms with E-state index in [4.69, 9.17) is 28.4 Å². The molecular weight excluding hydrogens is 240 g/mol. The molecule has 0 amide bonds. The first-order valence-corrected chi connectivity index (χ1v) is 4.83. The van der Waals surface area contributed by atoms with Crippen molar-refractivity contribution in [3.05, 3.63) is 75.1 Å². The van der Waals surface area contributed by atoms with Gasteiger partial charge in [0.05, 0.1) is 0 Å². The van der Waals surface area contributed by atoms with Gasteiger partial charge in [-0.3, -0.25) is 0 Å². The van der Waals surface area contributed by atoms with E-state index in [9.17, 15) is 0 Å². The largest absolute Gasteiger partial charge is 0.466 e. The minimum Gasteiger partial charge on any atom is -0.466 e. The molecule has 0 fully saturated rings. The lowest BCUT2D eigenvalue weighted by molar-refractivity contribution is 0.290. The molecule has 0 saturated carbocycles. The molecule has 0 aromatic carbocycles. The molecule has 0 aromatic heterocycles.